The fourth-order valence-corrected chi connectivity index (χ4v) is 2.89. The molecule has 7 heteroatoms. The predicted octanol–water partition coefficient (Wildman–Crippen LogP) is 2.72. The van der Waals surface area contributed by atoms with Crippen molar-refractivity contribution in [2.45, 2.75) is 33.2 Å². The lowest BCUT2D eigenvalue weighted by Gasteiger charge is -2.09. The number of hydrogen-bond donors (Lipinski definition) is 1. The molecule has 0 aliphatic carbocycles. The zero-order chi connectivity index (χ0) is 18.5. The standard InChI is InChI=1S/C19H23N5O2/c1-4-5-8-21-18(25)14-10-24(16-7-6-9-20-17(14)16)11-15-13(2)19(26-3)23-12-22-15/h6-7,9-10,12H,4-5,8,11H2,1-3H3,(H,21,25). The van der Waals surface area contributed by atoms with E-state index in [9.17, 15) is 4.79 Å². The van der Waals surface area contributed by atoms with Crippen LogP contribution in [0, 0.1) is 6.92 Å². The van der Waals surface area contributed by atoms with E-state index in [4.69, 9.17) is 4.74 Å². The second kappa shape index (κ2) is 7.95. The Hall–Kier alpha value is -2.96. The molecule has 3 rings (SSSR count). The van der Waals surface area contributed by atoms with Crippen molar-refractivity contribution < 1.29 is 9.53 Å². The number of pyridine rings is 1. The van der Waals surface area contributed by atoms with Crippen LogP contribution in [0.4, 0.5) is 0 Å². The van der Waals surface area contributed by atoms with Crippen LogP contribution in [0.25, 0.3) is 11.0 Å². The Balaban J connectivity index is 1.96. The average Bonchev–Trinajstić information content (AvgIpc) is 3.02. The summed E-state index contributed by atoms with van der Waals surface area (Å²) in [6.07, 6.45) is 7.03. The Kier molecular flexibility index (Phi) is 5.46. The summed E-state index contributed by atoms with van der Waals surface area (Å²) in [5, 5.41) is 2.96. The highest BCUT2D eigenvalue weighted by molar-refractivity contribution is 6.05. The van der Waals surface area contributed by atoms with Crippen LogP contribution in [0.2, 0.25) is 0 Å². The monoisotopic (exact) mass is 353 g/mol. The van der Waals surface area contributed by atoms with Gasteiger partial charge in [-0.25, -0.2) is 9.97 Å². The maximum absolute atomic E-state index is 12.6. The van der Waals surface area contributed by atoms with E-state index in [0.717, 1.165) is 29.6 Å². The van der Waals surface area contributed by atoms with Gasteiger partial charge in [0.2, 0.25) is 5.88 Å². The smallest absolute Gasteiger partial charge is 0.255 e. The molecule has 7 nitrogen and oxygen atoms in total. The highest BCUT2D eigenvalue weighted by Crippen LogP contribution is 2.22. The SMILES string of the molecule is CCCCNC(=O)c1cn(Cc2ncnc(OC)c2C)c2cccnc12. The lowest BCUT2D eigenvalue weighted by Crippen LogP contribution is -2.24. The molecule has 0 bridgehead atoms. The molecule has 0 saturated heterocycles. The Bertz CT molecular complexity index is 919. The number of nitrogens with zero attached hydrogens (tertiary/aromatic N) is 4. The van der Waals surface area contributed by atoms with Gasteiger partial charge in [0, 0.05) is 24.5 Å². The first-order valence-electron chi connectivity index (χ1n) is 8.72. The van der Waals surface area contributed by atoms with Crippen molar-refractivity contribution in [3.05, 3.63) is 47.7 Å². The number of amides is 1. The van der Waals surface area contributed by atoms with Crippen LogP contribution in [0.1, 0.15) is 41.4 Å². The highest BCUT2D eigenvalue weighted by Gasteiger charge is 2.17. The molecule has 0 radical (unpaired) electrons. The number of ether oxygens (including phenoxy) is 1. The molecule has 0 saturated carbocycles. The third kappa shape index (κ3) is 3.51. The molecule has 1 amide bonds. The summed E-state index contributed by atoms with van der Waals surface area (Å²) >= 11 is 0. The molecule has 26 heavy (non-hydrogen) atoms. The molecule has 0 aliphatic rings. The summed E-state index contributed by atoms with van der Waals surface area (Å²) in [5.41, 5.74) is 3.89. The molecule has 0 atom stereocenters. The molecular formula is C19H23N5O2. The topological polar surface area (TPSA) is 81.9 Å². The number of nitrogens with one attached hydrogen (secondary N) is 1. The lowest BCUT2D eigenvalue weighted by molar-refractivity contribution is 0.0954. The normalized spacial score (nSPS) is 10.9. The second-order valence-corrected chi connectivity index (χ2v) is 6.11. The van der Waals surface area contributed by atoms with Gasteiger partial charge in [0.25, 0.3) is 5.91 Å². The Labute approximate surface area is 152 Å². The minimum atomic E-state index is -0.0992. The molecule has 3 aromatic rings. The molecular weight excluding hydrogens is 330 g/mol. The van der Waals surface area contributed by atoms with Gasteiger partial charge in [-0.1, -0.05) is 13.3 Å². The summed E-state index contributed by atoms with van der Waals surface area (Å²) < 4.78 is 7.26. The van der Waals surface area contributed by atoms with E-state index in [1.807, 2.05) is 29.8 Å². The molecule has 0 aromatic carbocycles. The molecule has 1 N–H and O–H groups in total. The predicted molar refractivity (Wildman–Crippen MR) is 99.4 cm³/mol. The number of carbonyl (C=O) groups excluding carboxylic acids is 1. The van der Waals surface area contributed by atoms with Gasteiger partial charge in [-0.2, -0.15) is 0 Å². The van der Waals surface area contributed by atoms with Crippen molar-refractivity contribution in [2.75, 3.05) is 13.7 Å². The van der Waals surface area contributed by atoms with Gasteiger partial charge in [0.05, 0.1) is 30.4 Å². The van der Waals surface area contributed by atoms with Gasteiger partial charge >= 0.3 is 0 Å². The molecule has 0 aliphatic heterocycles. The number of unbranched alkanes of at least 4 members (excludes halogenated alkanes) is 1. The Morgan fingerprint density at radius 1 is 1.31 bits per heavy atom. The number of fused-ring (bicyclic) bond motifs is 1. The molecule has 0 unspecified atom stereocenters. The second-order valence-electron chi connectivity index (χ2n) is 6.11. The minimum absolute atomic E-state index is 0.0992. The van der Waals surface area contributed by atoms with Gasteiger partial charge in [-0.15, -0.1) is 0 Å². The summed E-state index contributed by atoms with van der Waals surface area (Å²) in [7, 11) is 1.59. The molecule has 3 heterocycles. The number of carbonyl (C=O) groups is 1. The summed E-state index contributed by atoms with van der Waals surface area (Å²) in [6, 6.07) is 3.82. The van der Waals surface area contributed by atoms with Crippen molar-refractivity contribution in [1.29, 1.82) is 0 Å². The summed E-state index contributed by atoms with van der Waals surface area (Å²) in [5.74, 6) is 0.458. The van der Waals surface area contributed by atoms with Gasteiger partial charge in [0.1, 0.15) is 11.8 Å². The quantitative estimate of drug-likeness (QED) is 0.661. The first-order valence-corrected chi connectivity index (χ1v) is 8.72. The fraction of sp³-hybridized carbons (Fsp3) is 0.368. The van der Waals surface area contributed by atoms with E-state index in [-0.39, 0.29) is 5.91 Å². The Morgan fingerprint density at radius 2 is 2.15 bits per heavy atom. The maximum atomic E-state index is 12.6. The van der Waals surface area contributed by atoms with Crippen molar-refractivity contribution >= 4 is 16.9 Å². The van der Waals surface area contributed by atoms with Crippen LogP contribution >= 0.6 is 0 Å². The van der Waals surface area contributed by atoms with Gasteiger partial charge < -0.3 is 14.6 Å². The van der Waals surface area contributed by atoms with Crippen LogP contribution in [0.5, 0.6) is 5.88 Å². The van der Waals surface area contributed by atoms with Gasteiger partial charge in [-0.3, -0.25) is 9.78 Å². The highest BCUT2D eigenvalue weighted by atomic mass is 16.5. The number of methoxy groups -OCH3 is 1. The zero-order valence-electron chi connectivity index (χ0n) is 15.3. The first kappa shape index (κ1) is 17.8. The Morgan fingerprint density at radius 3 is 2.92 bits per heavy atom. The molecule has 0 fully saturated rings. The largest absolute Gasteiger partial charge is 0.481 e. The van der Waals surface area contributed by atoms with Crippen LogP contribution in [0.15, 0.2) is 30.9 Å². The van der Waals surface area contributed by atoms with Crippen LogP contribution in [-0.4, -0.2) is 39.1 Å². The number of rotatable bonds is 7. The van der Waals surface area contributed by atoms with E-state index in [1.54, 1.807) is 13.3 Å². The van der Waals surface area contributed by atoms with Crippen molar-refractivity contribution in [3.63, 3.8) is 0 Å². The van der Waals surface area contributed by atoms with Gasteiger partial charge in [0.15, 0.2) is 0 Å². The van der Waals surface area contributed by atoms with Crippen molar-refractivity contribution in [1.82, 2.24) is 24.8 Å². The van der Waals surface area contributed by atoms with Crippen LogP contribution < -0.4 is 10.1 Å². The average molecular weight is 353 g/mol. The van der Waals surface area contributed by atoms with Crippen molar-refractivity contribution in [3.8, 4) is 5.88 Å². The maximum Gasteiger partial charge on any atom is 0.255 e. The fourth-order valence-electron chi connectivity index (χ4n) is 2.89. The molecule has 3 aromatic heterocycles. The lowest BCUT2D eigenvalue weighted by atomic mass is 10.2. The molecule has 136 valence electrons. The van der Waals surface area contributed by atoms with E-state index in [2.05, 4.69) is 27.2 Å². The first-order chi connectivity index (χ1) is 12.7. The van der Waals surface area contributed by atoms with E-state index < -0.39 is 0 Å². The third-order valence-electron chi connectivity index (χ3n) is 4.35. The van der Waals surface area contributed by atoms with Gasteiger partial charge in [-0.05, 0) is 25.5 Å². The van der Waals surface area contributed by atoms with Crippen LogP contribution in [0.3, 0.4) is 0 Å². The number of hydrogen-bond acceptors (Lipinski definition) is 5. The van der Waals surface area contributed by atoms with E-state index in [0.29, 0.717) is 30.0 Å². The van der Waals surface area contributed by atoms with Crippen molar-refractivity contribution in [2.24, 2.45) is 0 Å². The van der Waals surface area contributed by atoms with E-state index in [1.165, 1.54) is 6.33 Å². The third-order valence-corrected chi connectivity index (χ3v) is 4.35. The minimum Gasteiger partial charge on any atom is -0.481 e. The van der Waals surface area contributed by atoms with Crippen LogP contribution in [-0.2, 0) is 6.54 Å². The zero-order valence-corrected chi connectivity index (χ0v) is 15.3. The summed E-state index contributed by atoms with van der Waals surface area (Å²) in [6.45, 7) is 5.20. The molecule has 0 spiro atoms. The summed E-state index contributed by atoms with van der Waals surface area (Å²) in [4.78, 5) is 25.5. The number of aromatic nitrogens is 4. The van der Waals surface area contributed by atoms with E-state index >= 15 is 0 Å².